The van der Waals surface area contributed by atoms with Gasteiger partial charge in [-0.05, 0) is 42.8 Å². The van der Waals surface area contributed by atoms with Crippen molar-refractivity contribution in [3.05, 3.63) is 54.1 Å². The van der Waals surface area contributed by atoms with Gasteiger partial charge in [-0.25, -0.2) is 0 Å². The van der Waals surface area contributed by atoms with Gasteiger partial charge in [-0.1, -0.05) is 31.9 Å². The number of nitrogens with one attached hydrogen (secondary N) is 1. The number of carbonyl (C=O) groups excluding carboxylic acids is 2. The molecule has 0 atom stereocenters. The molecule has 0 fully saturated rings. The van der Waals surface area contributed by atoms with E-state index in [-0.39, 0.29) is 18.4 Å². The Morgan fingerprint density at radius 3 is 2.64 bits per heavy atom. The molecular weight excluding hydrogens is 316 g/mol. The molecule has 3 rings (SSSR count). The fraction of sp³-hybridized carbons (Fsp3) is 0.300. The second kappa shape index (κ2) is 7.83. The van der Waals surface area contributed by atoms with Crippen molar-refractivity contribution in [1.82, 2.24) is 0 Å². The van der Waals surface area contributed by atoms with E-state index in [1.54, 1.807) is 30.3 Å². The maximum Gasteiger partial charge on any atom is 0.258 e. The van der Waals surface area contributed by atoms with E-state index in [2.05, 4.69) is 12.2 Å². The molecule has 130 valence electrons. The summed E-state index contributed by atoms with van der Waals surface area (Å²) in [4.78, 5) is 26.2. The standard InChI is InChI=1S/C20H22N2O3/c1-2-3-6-13-25-16-11-9-15(10-12-16)20(24)22-14-19(23)21-17-7-4-5-8-18(17)22/h4-5,7-12H,2-3,6,13-14H2,1H3,(H,21,23). The van der Waals surface area contributed by atoms with Gasteiger partial charge in [0.15, 0.2) is 0 Å². The monoisotopic (exact) mass is 338 g/mol. The van der Waals surface area contributed by atoms with Crippen LogP contribution >= 0.6 is 0 Å². The number of ether oxygens (including phenoxy) is 1. The van der Waals surface area contributed by atoms with Crippen molar-refractivity contribution >= 4 is 23.2 Å². The quantitative estimate of drug-likeness (QED) is 0.814. The van der Waals surface area contributed by atoms with Gasteiger partial charge in [-0.2, -0.15) is 0 Å². The molecule has 1 aliphatic rings. The third-order valence-electron chi connectivity index (χ3n) is 4.13. The van der Waals surface area contributed by atoms with E-state index in [1.165, 1.54) is 4.90 Å². The Labute approximate surface area is 147 Å². The summed E-state index contributed by atoms with van der Waals surface area (Å²) in [7, 11) is 0. The van der Waals surface area contributed by atoms with Gasteiger partial charge >= 0.3 is 0 Å². The van der Waals surface area contributed by atoms with E-state index in [9.17, 15) is 9.59 Å². The Kier molecular flexibility index (Phi) is 5.33. The molecule has 2 aromatic rings. The zero-order valence-electron chi connectivity index (χ0n) is 14.3. The molecule has 0 aliphatic carbocycles. The van der Waals surface area contributed by atoms with Gasteiger partial charge in [0.2, 0.25) is 5.91 Å². The van der Waals surface area contributed by atoms with Crippen LogP contribution in [0, 0.1) is 0 Å². The second-order valence-electron chi connectivity index (χ2n) is 6.04. The summed E-state index contributed by atoms with van der Waals surface area (Å²) in [5.74, 6) is 0.368. The number of nitrogens with zero attached hydrogens (tertiary/aromatic N) is 1. The maximum absolute atomic E-state index is 12.8. The number of amides is 2. The van der Waals surface area contributed by atoms with Gasteiger partial charge < -0.3 is 10.1 Å². The zero-order chi connectivity index (χ0) is 17.6. The molecule has 0 radical (unpaired) electrons. The molecule has 1 heterocycles. The second-order valence-corrected chi connectivity index (χ2v) is 6.04. The number of hydrogen-bond donors (Lipinski definition) is 1. The van der Waals surface area contributed by atoms with E-state index in [4.69, 9.17) is 4.74 Å². The highest BCUT2D eigenvalue weighted by molar-refractivity contribution is 6.15. The van der Waals surface area contributed by atoms with Crippen LogP contribution in [0.5, 0.6) is 5.75 Å². The van der Waals surface area contributed by atoms with Crippen molar-refractivity contribution in [2.24, 2.45) is 0 Å². The van der Waals surface area contributed by atoms with Crippen LogP contribution in [-0.4, -0.2) is 25.0 Å². The minimum Gasteiger partial charge on any atom is -0.494 e. The average Bonchev–Trinajstić information content (AvgIpc) is 2.64. The lowest BCUT2D eigenvalue weighted by Crippen LogP contribution is -2.42. The third kappa shape index (κ3) is 3.99. The summed E-state index contributed by atoms with van der Waals surface area (Å²) in [6.45, 7) is 2.85. The number of unbranched alkanes of at least 4 members (excludes halogenated alkanes) is 2. The van der Waals surface area contributed by atoms with Crippen molar-refractivity contribution < 1.29 is 14.3 Å². The smallest absolute Gasteiger partial charge is 0.258 e. The van der Waals surface area contributed by atoms with Gasteiger partial charge in [-0.3, -0.25) is 14.5 Å². The summed E-state index contributed by atoms with van der Waals surface area (Å²) in [5.41, 5.74) is 1.90. The first-order chi connectivity index (χ1) is 12.2. The predicted molar refractivity (Wildman–Crippen MR) is 98.2 cm³/mol. The van der Waals surface area contributed by atoms with Crippen LogP contribution in [0.1, 0.15) is 36.5 Å². The molecular formula is C20H22N2O3. The lowest BCUT2D eigenvalue weighted by Gasteiger charge is -2.29. The first-order valence-corrected chi connectivity index (χ1v) is 8.62. The fourth-order valence-corrected chi connectivity index (χ4v) is 2.81. The van der Waals surface area contributed by atoms with Gasteiger partial charge in [-0.15, -0.1) is 0 Å². The molecule has 0 aromatic heterocycles. The summed E-state index contributed by atoms with van der Waals surface area (Å²) in [6.07, 6.45) is 3.32. The average molecular weight is 338 g/mol. The van der Waals surface area contributed by atoms with Crippen molar-refractivity contribution in [1.29, 1.82) is 0 Å². The summed E-state index contributed by atoms with van der Waals surface area (Å²) in [6, 6.07) is 14.4. The van der Waals surface area contributed by atoms with Crippen molar-refractivity contribution in [2.75, 3.05) is 23.4 Å². The fourth-order valence-electron chi connectivity index (χ4n) is 2.81. The number of carbonyl (C=O) groups is 2. The molecule has 1 N–H and O–H groups in total. The largest absolute Gasteiger partial charge is 0.494 e. The van der Waals surface area contributed by atoms with E-state index >= 15 is 0 Å². The first kappa shape index (κ1) is 17.0. The van der Waals surface area contributed by atoms with Crippen molar-refractivity contribution in [3.8, 4) is 5.75 Å². The normalized spacial score (nSPS) is 13.2. The topological polar surface area (TPSA) is 58.6 Å². The van der Waals surface area contributed by atoms with Crippen LogP contribution in [0.15, 0.2) is 48.5 Å². The van der Waals surface area contributed by atoms with Crippen LogP contribution in [0.2, 0.25) is 0 Å². The lowest BCUT2D eigenvalue weighted by molar-refractivity contribution is -0.115. The minimum atomic E-state index is -0.195. The van der Waals surface area contributed by atoms with Crippen molar-refractivity contribution in [3.63, 3.8) is 0 Å². The van der Waals surface area contributed by atoms with Crippen LogP contribution in [0.25, 0.3) is 0 Å². The number of benzene rings is 2. The van der Waals surface area contributed by atoms with E-state index in [1.807, 2.05) is 18.2 Å². The number of hydrogen-bond acceptors (Lipinski definition) is 3. The Hall–Kier alpha value is -2.82. The molecule has 0 spiro atoms. The maximum atomic E-state index is 12.8. The van der Waals surface area contributed by atoms with E-state index in [0.29, 0.717) is 23.5 Å². The Balaban J connectivity index is 1.72. The summed E-state index contributed by atoms with van der Waals surface area (Å²) < 4.78 is 5.67. The van der Waals surface area contributed by atoms with Gasteiger partial charge in [0.1, 0.15) is 12.3 Å². The van der Waals surface area contributed by atoms with Gasteiger partial charge in [0.25, 0.3) is 5.91 Å². The molecule has 2 aromatic carbocycles. The highest BCUT2D eigenvalue weighted by atomic mass is 16.5. The third-order valence-corrected chi connectivity index (χ3v) is 4.13. The molecule has 0 saturated carbocycles. The Bertz CT molecular complexity index is 756. The Morgan fingerprint density at radius 2 is 1.88 bits per heavy atom. The van der Waals surface area contributed by atoms with Crippen LogP contribution in [-0.2, 0) is 4.79 Å². The number of fused-ring (bicyclic) bond motifs is 1. The number of anilines is 2. The molecule has 5 nitrogen and oxygen atoms in total. The van der Waals surface area contributed by atoms with Gasteiger partial charge in [0.05, 0.1) is 18.0 Å². The SMILES string of the molecule is CCCCCOc1ccc(C(=O)N2CC(=O)Nc3ccccc32)cc1. The molecule has 0 bridgehead atoms. The molecule has 25 heavy (non-hydrogen) atoms. The van der Waals surface area contributed by atoms with Crippen LogP contribution < -0.4 is 15.0 Å². The highest BCUT2D eigenvalue weighted by Gasteiger charge is 2.27. The van der Waals surface area contributed by atoms with E-state index in [0.717, 1.165) is 25.0 Å². The minimum absolute atomic E-state index is 0.0190. The predicted octanol–water partition coefficient (Wildman–Crippen LogP) is 3.85. The van der Waals surface area contributed by atoms with Crippen LogP contribution in [0.3, 0.4) is 0 Å². The van der Waals surface area contributed by atoms with E-state index < -0.39 is 0 Å². The molecule has 5 heteroatoms. The summed E-state index contributed by atoms with van der Waals surface area (Å²) in [5, 5.41) is 2.79. The summed E-state index contributed by atoms with van der Waals surface area (Å²) >= 11 is 0. The molecule has 2 amide bonds. The lowest BCUT2D eigenvalue weighted by atomic mass is 10.1. The van der Waals surface area contributed by atoms with Crippen molar-refractivity contribution in [2.45, 2.75) is 26.2 Å². The zero-order valence-corrected chi connectivity index (χ0v) is 14.3. The van der Waals surface area contributed by atoms with Gasteiger partial charge in [0, 0.05) is 5.56 Å². The molecule has 1 aliphatic heterocycles. The van der Waals surface area contributed by atoms with Crippen LogP contribution in [0.4, 0.5) is 11.4 Å². The molecule has 0 saturated heterocycles. The first-order valence-electron chi connectivity index (χ1n) is 8.62. The highest BCUT2D eigenvalue weighted by Crippen LogP contribution is 2.30. The number of para-hydroxylation sites is 2. The Morgan fingerprint density at radius 1 is 1.12 bits per heavy atom. The molecule has 0 unspecified atom stereocenters. The number of rotatable bonds is 6.